The smallest absolute Gasteiger partial charge is 0.200 e. The largest absolute Gasteiger partial charge is 0.504 e. The molecule has 4 N–H and O–H groups in total. The Balaban J connectivity index is 1.76. The number of nitrogens with one attached hydrogen (secondary N) is 1. The molecule has 0 aliphatic heterocycles. The highest BCUT2D eigenvalue weighted by Gasteiger charge is 2.10. The molecule has 0 spiro atoms. The lowest BCUT2D eigenvalue weighted by Gasteiger charge is -2.10. The summed E-state index contributed by atoms with van der Waals surface area (Å²) in [5.41, 5.74) is 1.66. The van der Waals surface area contributed by atoms with E-state index in [0.717, 1.165) is 11.3 Å². The van der Waals surface area contributed by atoms with Crippen LogP contribution in [0.1, 0.15) is 11.1 Å². The Hall–Kier alpha value is -2.40. The molecule has 21 heavy (non-hydrogen) atoms. The molecule has 0 atom stereocenters. The molecule has 112 valence electrons. The van der Waals surface area contributed by atoms with E-state index in [4.69, 9.17) is 4.74 Å². The average molecular weight is 289 g/mol. The van der Waals surface area contributed by atoms with Crippen LogP contribution in [-0.4, -0.2) is 28.5 Å². The van der Waals surface area contributed by atoms with E-state index >= 15 is 0 Å². The Kier molecular flexibility index (Phi) is 4.90. The maximum atomic E-state index is 9.66. The summed E-state index contributed by atoms with van der Waals surface area (Å²) in [4.78, 5) is 0. The summed E-state index contributed by atoms with van der Waals surface area (Å²) in [7, 11) is 0. The van der Waals surface area contributed by atoms with E-state index in [1.54, 1.807) is 6.07 Å². The molecule has 0 unspecified atom stereocenters. The second-order valence-corrected chi connectivity index (χ2v) is 4.78. The number of hydrogen-bond acceptors (Lipinski definition) is 5. The maximum Gasteiger partial charge on any atom is 0.200 e. The van der Waals surface area contributed by atoms with Gasteiger partial charge in [-0.3, -0.25) is 0 Å². The predicted molar refractivity (Wildman–Crippen MR) is 79.8 cm³/mol. The van der Waals surface area contributed by atoms with Crippen molar-refractivity contribution in [3.8, 4) is 23.0 Å². The van der Waals surface area contributed by atoms with Gasteiger partial charge in [-0.1, -0.05) is 18.2 Å². The number of hydrogen-bond donors (Lipinski definition) is 4. The van der Waals surface area contributed by atoms with Gasteiger partial charge in [-0.2, -0.15) is 0 Å². The molecule has 0 bridgehead atoms. The molecule has 0 saturated carbocycles. The van der Waals surface area contributed by atoms with Crippen molar-refractivity contribution in [2.45, 2.75) is 13.5 Å². The minimum Gasteiger partial charge on any atom is -0.504 e. The van der Waals surface area contributed by atoms with Gasteiger partial charge in [0.1, 0.15) is 12.4 Å². The van der Waals surface area contributed by atoms with Crippen LogP contribution in [0.5, 0.6) is 23.0 Å². The Morgan fingerprint density at radius 3 is 2.62 bits per heavy atom. The molecule has 0 saturated heterocycles. The zero-order chi connectivity index (χ0) is 15.2. The van der Waals surface area contributed by atoms with Crippen LogP contribution >= 0.6 is 0 Å². The Labute approximate surface area is 123 Å². The van der Waals surface area contributed by atoms with Crippen LogP contribution < -0.4 is 10.1 Å². The van der Waals surface area contributed by atoms with Crippen molar-refractivity contribution in [3.63, 3.8) is 0 Å². The van der Waals surface area contributed by atoms with Gasteiger partial charge >= 0.3 is 0 Å². The summed E-state index contributed by atoms with van der Waals surface area (Å²) >= 11 is 0. The van der Waals surface area contributed by atoms with Gasteiger partial charge in [-0.15, -0.1) is 0 Å². The van der Waals surface area contributed by atoms with Gasteiger partial charge < -0.3 is 25.4 Å². The minimum absolute atomic E-state index is 0.304. The maximum absolute atomic E-state index is 9.66. The normalized spacial score (nSPS) is 10.5. The first-order chi connectivity index (χ1) is 10.1. The fourth-order valence-electron chi connectivity index (χ4n) is 1.92. The summed E-state index contributed by atoms with van der Waals surface area (Å²) in [6.45, 7) is 3.46. The average Bonchev–Trinajstić information content (AvgIpc) is 2.47. The molecule has 0 aliphatic rings. The highest BCUT2D eigenvalue weighted by Crippen LogP contribution is 2.36. The Bertz CT molecular complexity index is 613. The number of ether oxygens (including phenoxy) is 1. The summed E-state index contributed by atoms with van der Waals surface area (Å²) in [6.07, 6.45) is 0. The van der Waals surface area contributed by atoms with E-state index < -0.39 is 5.75 Å². The molecule has 5 nitrogen and oxygen atoms in total. The number of rotatable bonds is 6. The van der Waals surface area contributed by atoms with Crippen molar-refractivity contribution >= 4 is 0 Å². The predicted octanol–water partition coefficient (Wildman–Crippen LogP) is 2.28. The fourth-order valence-corrected chi connectivity index (χ4v) is 1.92. The van der Waals surface area contributed by atoms with E-state index in [1.165, 1.54) is 6.07 Å². The summed E-state index contributed by atoms with van der Waals surface area (Å²) < 4.78 is 5.58. The van der Waals surface area contributed by atoms with Crippen molar-refractivity contribution in [3.05, 3.63) is 47.5 Å². The number of phenolic OH excluding ortho intramolecular Hbond substituents is 3. The third kappa shape index (κ3) is 4.03. The Morgan fingerprint density at radius 2 is 1.86 bits per heavy atom. The van der Waals surface area contributed by atoms with Crippen molar-refractivity contribution in [1.82, 2.24) is 5.32 Å². The highest BCUT2D eigenvalue weighted by molar-refractivity contribution is 5.52. The zero-order valence-corrected chi connectivity index (χ0v) is 11.8. The molecule has 0 heterocycles. The minimum atomic E-state index is -0.495. The lowest BCUT2D eigenvalue weighted by molar-refractivity contribution is 0.312. The first-order valence-electron chi connectivity index (χ1n) is 6.71. The molecular formula is C16H19NO4. The molecule has 0 aliphatic carbocycles. The van der Waals surface area contributed by atoms with Crippen molar-refractivity contribution < 1.29 is 20.1 Å². The quantitative estimate of drug-likeness (QED) is 0.484. The number of benzene rings is 2. The number of aryl methyl sites for hydroxylation is 1. The molecule has 0 amide bonds. The first kappa shape index (κ1) is 15.0. The molecule has 2 rings (SSSR count). The lowest BCUT2D eigenvalue weighted by Crippen LogP contribution is -2.20. The van der Waals surface area contributed by atoms with E-state index in [2.05, 4.69) is 5.32 Å². The van der Waals surface area contributed by atoms with Crippen LogP contribution in [-0.2, 0) is 6.54 Å². The second-order valence-electron chi connectivity index (χ2n) is 4.78. The third-order valence-electron chi connectivity index (χ3n) is 3.07. The SMILES string of the molecule is Cc1cccc(OCCNCc2ccc(O)c(O)c2O)c1. The van der Waals surface area contributed by atoms with Crippen LogP contribution in [0.4, 0.5) is 0 Å². The summed E-state index contributed by atoms with van der Waals surface area (Å²) in [5.74, 6) is -0.312. The van der Waals surface area contributed by atoms with Gasteiger partial charge in [0, 0.05) is 18.7 Å². The van der Waals surface area contributed by atoms with Gasteiger partial charge in [0.15, 0.2) is 11.5 Å². The van der Waals surface area contributed by atoms with Crippen LogP contribution in [0.25, 0.3) is 0 Å². The van der Waals surface area contributed by atoms with Crippen molar-refractivity contribution in [2.24, 2.45) is 0 Å². The fraction of sp³-hybridized carbons (Fsp3) is 0.250. The van der Waals surface area contributed by atoms with Crippen LogP contribution in [0.2, 0.25) is 0 Å². The highest BCUT2D eigenvalue weighted by atomic mass is 16.5. The number of aromatic hydroxyl groups is 3. The van der Waals surface area contributed by atoms with E-state index in [9.17, 15) is 15.3 Å². The van der Waals surface area contributed by atoms with Gasteiger partial charge in [-0.25, -0.2) is 0 Å². The van der Waals surface area contributed by atoms with Crippen molar-refractivity contribution in [2.75, 3.05) is 13.2 Å². The molecule has 2 aromatic rings. The van der Waals surface area contributed by atoms with Gasteiger partial charge in [-0.05, 0) is 30.7 Å². The van der Waals surface area contributed by atoms with E-state index in [0.29, 0.717) is 25.3 Å². The van der Waals surface area contributed by atoms with E-state index in [-0.39, 0.29) is 11.5 Å². The van der Waals surface area contributed by atoms with Gasteiger partial charge in [0.2, 0.25) is 5.75 Å². The Morgan fingerprint density at radius 1 is 1.05 bits per heavy atom. The van der Waals surface area contributed by atoms with Crippen LogP contribution in [0.15, 0.2) is 36.4 Å². The molecule has 5 heteroatoms. The molecule has 0 aromatic heterocycles. The summed E-state index contributed by atoms with van der Waals surface area (Å²) in [6, 6.07) is 10.7. The van der Waals surface area contributed by atoms with Gasteiger partial charge in [0.25, 0.3) is 0 Å². The monoisotopic (exact) mass is 289 g/mol. The number of phenols is 3. The summed E-state index contributed by atoms with van der Waals surface area (Å²) in [5, 5.41) is 31.4. The second kappa shape index (κ2) is 6.85. The van der Waals surface area contributed by atoms with E-state index in [1.807, 2.05) is 31.2 Å². The van der Waals surface area contributed by atoms with Crippen LogP contribution in [0.3, 0.4) is 0 Å². The van der Waals surface area contributed by atoms with Gasteiger partial charge in [0.05, 0.1) is 0 Å². The molecule has 2 aromatic carbocycles. The standard InChI is InChI=1S/C16H19NO4/c1-11-3-2-4-13(9-11)21-8-7-17-10-12-5-6-14(18)16(20)15(12)19/h2-6,9,17-20H,7-8,10H2,1H3. The third-order valence-corrected chi connectivity index (χ3v) is 3.07. The zero-order valence-electron chi connectivity index (χ0n) is 11.8. The first-order valence-corrected chi connectivity index (χ1v) is 6.71. The van der Waals surface area contributed by atoms with Crippen molar-refractivity contribution in [1.29, 1.82) is 0 Å². The topological polar surface area (TPSA) is 82.0 Å². The molecular weight excluding hydrogens is 270 g/mol. The molecule has 0 fully saturated rings. The van der Waals surface area contributed by atoms with Crippen LogP contribution in [0, 0.1) is 6.92 Å². The lowest BCUT2D eigenvalue weighted by atomic mass is 10.1. The molecule has 0 radical (unpaired) electrons.